The van der Waals surface area contributed by atoms with E-state index in [0.29, 0.717) is 22.2 Å². The van der Waals surface area contributed by atoms with Gasteiger partial charge < -0.3 is 5.11 Å². The van der Waals surface area contributed by atoms with Gasteiger partial charge in [0.2, 0.25) is 0 Å². The Balaban J connectivity index is 2.10. The first kappa shape index (κ1) is 15.7. The molecule has 112 valence electrons. The van der Waals surface area contributed by atoms with Crippen molar-refractivity contribution in [1.82, 2.24) is 14.7 Å². The molecule has 1 amide bonds. The summed E-state index contributed by atoms with van der Waals surface area (Å²) in [4.78, 5) is 24.8. The lowest BCUT2D eigenvalue weighted by molar-refractivity contribution is -0.137. The molecule has 0 radical (unpaired) electrons. The molecule has 1 saturated heterocycles. The fourth-order valence-electron chi connectivity index (χ4n) is 1.98. The number of carbonyl (C=O) groups is 2. The number of thioether (sulfide) groups is 1. The summed E-state index contributed by atoms with van der Waals surface area (Å²) < 4.78 is 2.16. The van der Waals surface area contributed by atoms with Gasteiger partial charge in [0.15, 0.2) is 0 Å². The van der Waals surface area contributed by atoms with Crippen molar-refractivity contribution in [3.8, 4) is 0 Å². The van der Waals surface area contributed by atoms with Gasteiger partial charge in [-0.1, -0.05) is 24.0 Å². The fourth-order valence-corrected chi connectivity index (χ4v) is 3.28. The van der Waals surface area contributed by atoms with Gasteiger partial charge in [-0.2, -0.15) is 5.10 Å². The highest BCUT2D eigenvalue weighted by atomic mass is 32.2. The van der Waals surface area contributed by atoms with Crippen LogP contribution in [-0.2, 0) is 16.6 Å². The number of thiocarbonyl (C=S) groups is 1. The zero-order valence-corrected chi connectivity index (χ0v) is 13.3. The minimum absolute atomic E-state index is 0.0256. The zero-order chi connectivity index (χ0) is 15.6. The molecule has 0 bridgehead atoms. The minimum atomic E-state index is -0.873. The number of aliphatic carboxylic acids is 1. The van der Waals surface area contributed by atoms with Crippen molar-refractivity contribution >= 4 is 46.3 Å². The average Bonchev–Trinajstić information content (AvgIpc) is 2.83. The Bertz CT molecular complexity index is 637. The number of carboxylic acid groups (broad SMARTS) is 1. The molecular weight excluding hydrogens is 310 g/mol. The molecule has 1 aromatic rings. The second-order valence-corrected chi connectivity index (χ2v) is 6.35. The van der Waals surface area contributed by atoms with Crippen LogP contribution in [0.15, 0.2) is 11.1 Å². The number of aryl methyl sites for hydroxylation is 2. The minimum Gasteiger partial charge on any atom is -0.481 e. The van der Waals surface area contributed by atoms with Crippen LogP contribution >= 0.6 is 24.0 Å². The number of carboxylic acids is 1. The monoisotopic (exact) mass is 325 g/mol. The Morgan fingerprint density at radius 3 is 2.86 bits per heavy atom. The van der Waals surface area contributed by atoms with E-state index in [1.54, 1.807) is 10.8 Å². The third-order valence-electron chi connectivity index (χ3n) is 2.98. The summed E-state index contributed by atoms with van der Waals surface area (Å²) in [5, 5.41) is 12.9. The van der Waals surface area contributed by atoms with Crippen LogP contribution in [0.2, 0.25) is 0 Å². The number of nitrogens with zero attached hydrogens (tertiary/aromatic N) is 3. The Morgan fingerprint density at radius 2 is 2.29 bits per heavy atom. The lowest BCUT2D eigenvalue weighted by Gasteiger charge is -2.13. The number of rotatable bonds is 5. The topological polar surface area (TPSA) is 75.4 Å². The van der Waals surface area contributed by atoms with E-state index in [0.717, 1.165) is 11.3 Å². The van der Waals surface area contributed by atoms with Crippen LogP contribution < -0.4 is 0 Å². The molecule has 8 heteroatoms. The van der Waals surface area contributed by atoms with E-state index >= 15 is 0 Å². The maximum Gasteiger partial charge on any atom is 0.303 e. The van der Waals surface area contributed by atoms with Gasteiger partial charge >= 0.3 is 5.97 Å². The molecule has 1 aliphatic rings. The predicted molar refractivity (Wildman–Crippen MR) is 84.7 cm³/mol. The number of amides is 1. The second kappa shape index (κ2) is 6.40. The van der Waals surface area contributed by atoms with Crippen molar-refractivity contribution in [3.05, 3.63) is 22.4 Å². The second-order valence-electron chi connectivity index (χ2n) is 4.67. The molecule has 0 unspecified atom stereocenters. The maximum atomic E-state index is 12.3. The lowest BCUT2D eigenvalue weighted by atomic mass is 10.2. The van der Waals surface area contributed by atoms with Gasteiger partial charge in [0, 0.05) is 31.8 Å². The summed E-state index contributed by atoms with van der Waals surface area (Å²) in [6.07, 6.45) is 4.03. The quantitative estimate of drug-likeness (QED) is 0.657. The first-order valence-electron chi connectivity index (χ1n) is 6.36. The van der Waals surface area contributed by atoms with E-state index in [2.05, 4.69) is 5.10 Å². The van der Waals surface area contributed by atoms with E-state index in [-0.39, 0.29) is 12.3 Å². The first-order valence-corrected chi connectivity index (χ1v) is 7.58. The number of carbonyl (C=O) groups excluding carboxylic acids is 1. The summed E-state index contributed by atoms with van der Waals surface area (Å²) in [6, 6.07) is 0. The van der Waals surface area contributed by atoms with Crippen molar-refractivity contribution in [2.24, 2.45) is 7.05 Å². The Labute approximate surface area is 131 Å². The molecule has 0 aromatic carbocycles. The molecule has 0 aliphatic carbocycles. The number of hydrogen-bond donors (Lipinski definition) is 1. The Hall–Kier alpha value is -1.67. The van der Waals surface area contributed by atoms with Crippen LogP contribution in [0.25, 0.3) is 6.08 Å². The zero-order valence-electron chi connectivity index (χ0n) is 11.7. The smallest absolute Gasteiger partial charge is 0.303 e. The van der Waals surface area contributed by atoms with Gasteiger partial charge in [-0.25, -0.2) is 0 Å². The summed E-state index contributed by atoms with van der Waals surface area (Å²) in [6.45, 7) is 2.21. The SMILES string of the molecule is Cc1nn(C)cc1/C=C1\SC(=S)N(CCCC(=O)O)C1=O. The van der Waals surface area contributed by atoms with Gasteiger partial charge in [-0.05, 0) is 19.4 Å². The molecule has 0 saturated carbocycles. The lowest BCUT2D eigenvalue weighted by Crippen LogP contribution is -2.29. The van der Waals surface area contributed by atoms with E-state index in [9.17, 15) is 9.59 Å². The third-order valence-corrected chi connectivity index (χ3v) is 4.36. The molecule has 1 aromatic heterocycles. The summed E-state index contributed by atoms with van der Waals surface area (Å²) >= 11 is 6.42. The van der Waals surface area contributed by atoms with E-state index in [4.69, 9.17) is 17.3 Å². The largest absolute Gasteiger partial charge is 0.481 e. The van der Waals surface area contributed by atoms with Gasteiger partial charge in [-0.15, -0.1) is 0 Å². The van der Waals surface area contributed by atoms with Crippen molar-refractivity contribution in [2.45, 2.75) is 19.8 Å². The Kier molecular flexibility index (Phi) is 4.79. The molecule has 0 atom stereocenters. The van der Waals surface area contributed by atoms with E-state index in [1.807, 2.05) is 20.2 Å². The molecular formula is C13H15N3O3S2. The molecule has 2 heterocycles. The highest BCUT2D eigenvalue weighted by Gasteiger charge is 2.31. The van der Waals surface area contributed by atoms with Crippen LogP contribution in [0.1, 0.15) is 24.1 Å². The predicted octanol–water partition coefficient (Wildman–Crippen LogP) is 1.79. The fraction of sp³-hybridized carbons (Fsp3) is 0.385. The third kappa shape index (κ3) is 3.70. The summed E-state index contributed by atoms with van der Waals surface area (Å²) in [5.74, 6) is -1.04. The van der Waals surface area contributed by atoms with Gasteiger partial charge in [0.25, 0.3) is 5.91 Å². The average molecular weight is 325 g/mol. The molecule has 1 fully saturated rings. The molecule has 0 spiro atoms. The normalized spacial score (nSPS) is 17.0. The summed E-state index contributed by atoms with van der Waals surface area (Å²) in [5.41, 5.74) is 1.72. The standard InChI is InChI=1S/C13H15N3O3S2/c1-8-9(7-15(2)14-8)6-10-12(19)16(13(20)21-10)5-3-4-11(17)18/h6-7H,3-5H2,1-2H3,(H,17,18)/b10-6-. The molecule has 1 N–H and O–H groups in total. The van der Waals surface area contributed by atoms with Crippen LogP contribution in [0.5, 0.6) is 0 Å². The maximum absolute atomic E-state index is 12.3. The van der Waals surface area contributed by atoms with E-state index in [1.165, 1.54) is 16.7 Å². The Morgan fingerprint density at radius 1 is 1.57 bits per heavy atom. The van der Waals surface area contributed by atoms with Crippen molar-refractivity contribution < 1.29 is 14.7 Å². The highest BCUT2D eigenvalue weighted by molar-refractivity contribution is 8.26. The van der Waals surface area contributed by atoms with E-state index < -0.39 is 5.97 Å². The van der Waals surface area contributed by atoms with Crippen LogP contribution in [0.3, 0.4) is 0 Å². The van der Waals surface area contributed by atoms with Crippen LogP contribution in [0.4, 0.5) is 0 Å². The van der Waals surface area contributed by atoms with Crippen LogP contribution in [0, 0.1) is 6.92 Å². The van der Waals surface area contributed by atoms with Crippen LogP contribution in [-0.4, -0.2) is 42.5 Å². The van der Waals surface area contributed by atoms with Gasteiger partial charge in [-0.3, -0.25) is 19.2 Å². The van der Waals surface area contributed by atoms with Gasteiger partial charge in [0.1, 0.15) is 4.32 Å². The number of hydrogen-bond acceptors (Lipinski definition) is 5. The van der Waals surface area contributed by atoms with Crippen molar-refractivity contribution in [2.75, 3.05) is 6.54 Å². The molecule has 6 nitrogen and oxygen atoms in total. The van der Waals surface area contributed by atoms with Crippen molar-refractivity contribution in [1.29, 1.82) is 0 Å². The molecule has 21 heavy (non-hydrogen) atoms. The van der Waals surface area contributed by atoms with Gasteiger partial charge in [0.05, 0.1) is 10.6 Å². The number of aromatic nitrogens is 2. The first-order chi connectivity index (χ1) is 9.88. The molecule has 1 aliphatic heterocycles. The summed E-state index contributed by atoms with van der Waals surface area (Å²) in [7, 11) is 1.82. The highest BCUT2D eigenvalue weighted by Crippen LogP contribution is 2.33. The van der Waals surface area contributed by atoms with Crippen molar-refractivity contribution in [3.63, 3.8) is 0 Å². The molecule has 2 rings (SSSR count).